The summed E-state index contributed by atoms with van der Waals surface area (Å²) in [7, 11) is 3.37. The Kier molecular flexibility index (Phi) is 6.32. The number of benzene rings is 2. The number of carbonyl (C=O) groups excluding carboxylic acids is 1. The Morgan fingerprint density at radius 3 is 2.71 bits per heavy atom. The van der Waals surface area contributed by atoms with Gasteiger partial charge in [-0.25, -0.2) is 0 Å². The third-order valence-corrected chi connectivity index (χ3v) is 4.79. The van der Waals surface area contributed by atoms with Crippen molar-refractivity contribution in [2.75, 3.05) is 20.7 Å². The van der Waals surface area contributed by atoms with Crippen LogP contribution in [0.1, 0.15) is 39.9 Å². The quantitative estimate of drug-likeness (QED) is 0.631. The van der Waals surface area contributed by atoms with E-state index in [1.54, 1.807) is 24.3 Å². The van der Waals surface area contributed by atoms with E-state index in [9.17, 15) is 4.79 Å². The van der Waals surface area contributed by atoms with Crippen LogP contribution in [0.25, 0.3) is 0 Å². The number of carbonyl (C=O) groups is 1. The molecule has 0 N–H and O–H groups in total. The van der Waals surface area contributed by atoms with Gasteiger partial charge in [0.05, 0.1) is 18.9 Å². The minimum atomic E-state index is -0.263. The van der Waals surface area contributed by atoms with Gasteiger partial charge in [0, 0.05) is 19.5 Å². The molecule has 0 spiro atoms. The number of methoxy groups -OCH3 is 1. The molecule has 0 aromatic heterocycles. The second-order valence-electron chi connectivity index (χ2n) is 6.69. The zero-order chi connectivity index (χ0) is 19.9. The third kappa shape index (κ3) is 4.34. The van der Waals surface area contributed by atoms with Gasteiger partial charge in [-0.1, -0.05) is 42.5 Å². The Morgan fingerprint density at radius 2 is 2.07 bits per heavy atom. The molecule has 1 aliphatic rings. The monoisotopic (exact) mass is 376 g/mol. The lowest BCUT2D eigenvalue weighted by molar-refractivity contribution is 0.0783. The molecule has 0 saturated heterocycles. The summed E-state index contributed by atoms with van der Waals surface area (Å²) in [5.74, 6) is 0.612. The fourth-order valence-corrected chi connectivity index (χ4v) is 3.30. The molecule has 144 valence electrons. The van der Waals surface area contributed by atoms with Gasteiger partial charge in [-0.05, 0) is 34.9 Å². The van der Waals surface area contributed by atoms with E-state index in [1.165, 1.54) is 5.56 Å². The Labute approximate surface area is 165 Å². The molecule has 1 aliphatic heterocycles. The first kappa shape index (κ1) is 19.5. The van der Waals surface area contributed by atoms with Gasteiger partial charge in [0.25, 0.3) is 5.91 Å². The summed E-state index contributed by atoms with van der Waals surface area (Å²) in [6.07, 6.45) is 4.33. The summed E-state index contributed by atoms with van der Waals surface area (Å²) in [6.45, 7) is 4.44. The zero-order valence-corrected chi connectivity index (χ0v) is 16.2. The highest BCUT2D eigenvalue weighted by Crippen LogP contribution is 2.28. The second kappa shape index (κ2) is 9.08. The van der Waals surface area contributed by atoms with Crippen molar-refractivity contribution in [3.63, 3.8) is 0 Å². The van der Waals surface area contributed by atoms with Gasteiger partial charge in [-0.3, -0.25) is 4.79 Å². The molecule has 0 fully saturated rings. The lowest BCUT2D eigenvalue weighted by Crippen LogP contribution is -2.31. The fraction of sp³-hybridized carbons (Fsp3) is 0.273. The van der Waals surface area contributed by atoms with Crippen molar-refractivity contribution >= 4 is 12.1 Å². The average molecular weight is 376 g/mol. The summed E-state index contributed by atoms with van der Waals surface area (Å²) in [4.78, 5) is 14.9. The van der Waals surface area contributed by atoms with Crippen molar-refractivity contribution in [2.24, 2.45) is 15.4 Å². The molecule has 0 aliphatic carbocycles. The SMILES string of the molecule is C=CCC(CN(C)C(=O)c1cc(C2C=NN=N2)ccc1OC)c1ccccc1. The molecule has 2 aromatic rings. The lowest BCUT2D eigenvalue weighted by Gasteiger charge is -2.25. The van der Waals surface area contributed by atoms with Crippen molar-refractivity contribution in [3.05, 3.63) is 77.9 Å². The van der Waals surface area contributed by atoms with Crippen molar-refractivity contribution in [3.8, 4) is 5.75 Å². The van der Waals surface area contributed by atoms with E-state index in [4.69, 9.17) is 4.74 Å². The van der Waals surface area contributed by atoms with Gasteiger partial charge in [0.15, 0.2) is 0 Å². The Hall–Kier alpha value is -3.28. The highest BCUT2D eigenvalue weighted by atomic mass is 16.5. The van der Waals surface area contributed by atoms with Crippen LogP contribution in [0.3, 0.4) is 0 Å². The molecular formula is C22H24N4O2. The molecular weight excluding hydrogens is 352 g/mol. The lowest BCUT2D eigenvalue weighted by atomic mass is 9.95. The number of allylic oxidation sites excluding steroid dienone is 1. The molecule has 0 saturated carbocycles. The van der Waals surface area contributed by atoms with Crippen LogP contribution in [-0.2, 0) is 0 Å². The molecule has 2 atom stereocenters. The Bertz CT molecular complexity index is 881. The number of ether oxygens (including phenoxy) is 1. The van der Waals surface area contributed by atoms with Gasteiger partial charge >= 0.3 is 0 Å². The molecule has 0 radical (unpaired) electrons. The predicted molar refractivity (Wildman–Crippen MR) is 110 cm³/mol. The summed E-state index contributed by atoms with van der Waals surface area (Å²) in [6, 6.07) is 15.4. The second-order valence-corrected chi connectivity index (χ2v) is 6.69. The third-order valence-electron chi connectivity index (χ3n) is 4.79. The topological polar surface area (TPSA) is 66.6 Å². The van der Waals surface area contributed by atoms with Crippen LogP contribution < -0.4 is 4.74 Å². The van der Waals surface area contributed by atoms with Crippen molar-refractivity contribution in [2.45, 2.75) is 18.4 Å². The standard InChI is InChI=1S/C22H24N4O2/c1-4-8-18(16-9-6-5-7-10-16)15-26(2)22(27)19-13-17(11-12-21(19)28-3)20-14-23-25-24-20/h4-7,9-14,18,20H,1,8,15H2,2-3H3. The maximum atomic E-state index is 13.2. The van der Waals surface area contributed by atoms with Crippen LogP contribution >= 0.6 is 0 Å². The number of amides is 1. The summed E-state index contributed by atoms with van der Waals surface area (Å²) in [5.41, 5.74) is 2.54. The van der Waals surface area contributed by atoms with Gasteiger partial charge in [-0.2, -0.15) is 5.11 Å². The van der Waals surface area contributed by atoms with Crippen LogP contribution in [0.5, 0.6) is 5.75 Å². The van der Waals surface area contributed by atoms with Crippen LogP contribution in [-0.4, -0.2) is 37.7 Å². The minimum Gasteiger partial charge on any atom is -0.496 e. The number of hydrogen-bond donors (Lipinski definition) is 0. The first-order chi connectivity index (χ1) is 13.6. The highest BCUT2D eigenvalue weighted by molar-refractivity contribution is 5.97. The Balaban J connectivity index is 1.83. The van der Waals surface area contributed by atoms with Crippen molar-refractivity contribution < 1.29 is 9.53 Å². The predicted octanol–water partition coefficient (Wildman–Crippen LogP) is 4.62. The van der Waals surface area contributed by atoms with Crippen LogP contribution in [0.4, 0.5) is 0 Å². The number of rotatable bonds is 8. The number of hydrogen-bond acceptors (Lipinski definition) is 5. The van der Waals surface area contributed by atoms with E-state index in [0.29, 0.717) is 17.9 Å². The van der Waals surface area contributed by atoms with Crippen LogP contribution in [0.15, 0.2) is 76.6 Å². The average Bonchev–Trinajstić information content (AvgIpc) is 3.28. The van der Waals surface area contributed by atoms with E-state index >= 15 is 0 Å². The van der Waals surface area contributed by atoms with Gasteiger partial charge in [0.1, 0.15) is 11.8 Å². The van der Waals surface area contributed by atoms with E-state index in [0.717, 1.165) is 12.0 Å². The highest BCUT2D eigenvalue weighted by Gasteiger charge is 2.22. The van der Waals surface area contributed by atoms with Gasteiger partial charge in [-0.15, -0.1) is 11.7 Å². The number of nitrogens with zero attached hydrogens (tertiary/aromatic N) is 4. The van der Waals surface area contributed by atoms with Crippen LogP contribution in [0, 0.1) is 0 Å². The van der Waals surface area contributed by atoms with E-state index < -0.39 is 0 Å². The Morgan fingerprint density at radius 1 is 1.29 bits per heavy atom. The van der Waals surface area contributed by atoms with Gasteiger partial charge < -0.3 is 9.64 Å². The van der Waals surface area contributed by atoms with E-state index in [-0.39, 0.29) is 17.9 Å². The molecule has 1 heterocycles. The molecule has 6 nitrogen and oxygen atoms in total. The molecule has 3 rings (SSSR count). The molecule has 1 amide bonds. The maximum Gasteiger partial charge on any atom is 0.257 e. The van der Waals surface area contributed by atoms with E-state index in [1.807, 2.05) is 43.5 Å². The van der Waals surface area contributed by atoms with E-state index in [2.05, 4.69) is 34.2 Å². The van der Waals surface area contributed by atoms with Crippen molar-refractivity contribution in [1.29, 1.82) is 0 Å². The minimum absolute atomic E-state index is 0.101. The zero-order valence-electron chi connectivity index (χ0n) is 16.2. The molecule has 2 unspecified atom stereocenters. The first-order valence-corrected chi connectivity index (χ1v) is 9.16. The smallest absolute Gasteiger partial charge is 0.257 e. The van der Waals surface area contributed by atoms with Crippen molar-refractivity contribution in [1.82, 2.24) is 4.90 Å². The van der Waals surface area contributed by atoms with Crippen LogP contribution in [0.2, 0.25) is 0 Å². The summed E-state index contributed by atoms with van der Waals surface area (Å²) >= 11 is 0. The molecule has 28 heavy (non-hydrogen) atoms. The molecule has 0 bridgehead atoms. The van der Waals surface area contributed by atoms with Gasteiger partial charge in [0.2, 0.25) is 0 Å². The fourth-order valence-electron chi connectivity index (χ4n) is 3.30. The summed E-state index contributed by atoms with van der Waals surface area (Å²) in [5, 5.41) is 11.5. The normalized spacial score (nSPS) is 16.0. The largest absolute Gasteiger partial charge is 0.496 e. The molecule has 2 aromatic carbocycles. The summed E-state index contributed by atoms with van der Waals surface area (Å²) < 4.78 is 5.42. The number of likely N-dealkylation sites (N-methyl/N-ethyl adjacent to an activating group) is 1. The first-order valence-electron chi connectivity index (χ1n) is 9.16. The molecule has 6 heteroatoms. The maximum absolute atomic E-state index is 13.2.